The van der Waals surface area contributed by atoms with Crippen LogP contribution < -0.4 is 10.8 Å². The molecule has 1 aromatic carbocycles. The molecule has 0 saturated carbocycles. The molecule has 15 heavy (non-hydrogen) atoms. The fraction of sp³-hybridized carbons (Fsp3) is 0.182. The summed E-state index contributed by atoms with van der Waals surface area (Å²) in [6.07, 6.45) is 4.01. The number of rotatable bonds is 0. The predicted molar refractivity (Wildman–Crippen MR) is 54.7 cm³/mol. The Kier molecular flexibility index (Phi) is 1.61. The summed E-state index contributed by atoms with van der Waals surface area (Å²) in [5.74, 6) is -0.0620. The van der Waals surface area contributed by atoms with Gasteiger partial charge in [-0.05, 0) is 12.1 Å². The number of hydrogen-bond donors (Lipinski definition) is 2. The third-order valence-electron chi connectivity index (χ3n) is 2.84. The fourth-order valence-electron chi connectivity index (χ4n) is 2.07. The highest BCUT2D eigenvalue weighted by Crippen LogP contribution is 2.39. The van der Waals surface area contributed by atoms with E-state index in [1.54, 1.807) is 6.26 Å². The minimum atomic E-state index is -0.745. The molecule has 2 N–H and O–H groups in total. The minimum Gasteiger partial charge on any atom is -0.415 e. The van der Waals surface area contributed by atoms with Gasteiger partial charge in [-0.2, -0.15) is 0 Å². The van der Waals surface area contributed by atoms with E-state index < -0.39 is 5.54 Å². The van der Waals surface area contributed by atoms with Gasteiger partial charge in [0.05, 0.1) is 0 Å². The zero-order valence-corrected chi connectivity index (χ0v) is 7.99. The predicted octanol–water partition coefficient (Wildman–Crippen LogP) is 1.27. The molecule has 0 radical (unpaired) electrons. The van der Waals surface area contributed by atoms with Crippen molar-refractivity contribution in [3.05, 3.63) is 42.2 Å². The van der Waals surface area contributed by atoms with Crippen LogP contribution in [0.25, 0.3) is 0 Å². The van der Waals surface area contributed by atoms with Crippen molar-refractivity contribution in [3.63, 3.8) is 0 Å². The maximum absolute atomic E-state index is 11.9. The van der Waals surface area contributed by atoms with E-state index in [9.17, 15) is 4.79 Å². The van der Waals surface area contributed by atoms with Gasteiger partial charge in [-0.15, -0.1) is 5.48 Å². The number of para-hydroxylation sites is 1. The van der Waals surface area contributed by atoms with E-state index in [-0.39, 0.29) is 5.91 Å². The summed E-state index contributed by atoms with van der Waals surface area (Å²) in [7, 11) is 0. The maximum atomic E-state index is 11.9. The number of carbonyl (C=O) groups excluding carboxylic acids is 1. The van der Waals surface area contributed by atoms with Gasteiger partial charge < -0.3 is 10.2 Å². The van der Waals surface area contributed by atoms with Crippen LogP contribution in [-0.4, -0.2) is 5.91 Å². The topological polar surface area (TPSA) is 50.4 Å². The van der Waals surface area contributed by atoms with Crippen molar-refractivity contribution in [1.29, 1.82) is 0 Å². The Balaban J connectivity index is 2.16. The number of amides is 1. The second-order valence-corrected chi connectivity index (χ2v) is 3.70. The molecule has 4 heteroatoms. The Morgan fingerprint density at radius 2 is 2.20 bits per heavy atom. The van der Waals surface area contributed by atoms with Crippen LogP contribution in [0.5, 0.6) is 0 Å². The first-order valence-corrected chi connectivity index (χ1v) is 4.82. The summed E-state index contributed by atoms with van der Waals surface area (Å²) in [6.45, 7) is 0. The lowest BCUT2D eigenvalue weighted by Crippen LogP contribution is -2.48. The molecule has 0 saturated heterocycles. The number of carbonyl (C=O) groups is 1. The highest BCUT2D eigenvalue weighted by Gasteiger charge is 2.47. The fourth-order valence-corrected chi connectivity index (χ4v) is 2.07. The van der Waals surface area contributed by atoms with Gasteiger partial charge in [-0.3, -0.25) is 4.79 Å². The largest absolute Gasteiger partial charge is 0.415 e. The quantitative estimate of drug-likeness (QED) is 0.666. The second-order valence-electron chi connectivity index (χ2n) is 3.70. The summed E-state index contributed by atoms with van der Waals surface area (Å²) >= 11 is 0. The maximum Gasteiger partial charge on any atom is 0.253 e. The summed E-state index contributed by atoms with van der Waals surface area (Å²) in [6, 6.07) is 7.64. The molecule has 2 aliphatic heterocycles. The second kappa shape index (κ2) is 2.84. The molecular formula is C11H10N2O2. The van der Waals surface area contributed by atoms with Gasteiger partial charge in [0, 0.05) is 17.7 Å². The summed E-state index contributed by atoms with van der Waals surface area (Å²) < 4.78 is 0. The van der Waals surface area contributed by atoms with Crippen LogP contribution in [-0.2, 0) is 15.2 Å². The first-order valence-electron chi connectivity index (χ1n) is 4.82. The van der Waals surface area contributed by atoms with Crippen LogP contribution in [0.4, 0.5) is 5.69 Å². The zero-order chi connectivity index (χ0) is 10.3. The lowest BCUT2D eigenvalue weighted by Gasteiger charge is -2.28. The average molecular weight is 202 g/mol. The summed E-state index contributed by atoms with van der Waals surface area (Å²) in [5, 5.41) is 2.84. The lowest BCUT2D eigenvalue weighted by atomic mass is 9.88. The Morgan fingerprint density at radius 3 is 3.00 bits per heavy atom. The van der Waals surface area contributed by atoms with Crippen molar-refractivity contribution in [3.8, 4) is 0 Å². The molecule has 1 aromatic rings. The minimum absolute atomic E-state index is 0.0620. The van der Waals surface area contributed by atoms with E-state index in [0.29, 0.717) is 6.42 Å². The SMILES string of the molecule is O=C1Nc2ccccc2C12CC=CON2. The van der Waals surface area contributed by atoms with E-state index in [2.05, 4.69) is 10.8 Å². The van der Waals surface area contributed by atoms with Crippen LogP contribution in [0.15, 0.2) is 36.6 Å². The van der Waals surface area contributed by atoms with Gasteiger partial charge in [0.1, 0.15) is 6.26 Å². The third-order valence-corrected chi connectivity index (χ3v) is 2.84. The van der Waals surface area contributed by atoms with Gasteiger partial charge in [0.25, 0.3) is 5.91 Å². The molecule has 1 atom stereocenters. The Morgan fingerprint density at radius 1 is 1.33 bits per heavy atom. The van der Waals surface area contributed by atoms with Crippen molar-refractivity contribution in [2.45, 2.75) is 12.0 Å². The standard InChI is InChI=1S/C11H10N2O2/c14-10-11(6-3-7-15-13-11)8-4-1-2-5-9(8)12-10/h1-5,7,13H,6H2,(H,12,14). The van der Waals surface area contributed by atoms with Crippen LogP contribution in [0, 0.1) is 0 Å². The molecule has 1 unspecified atom stereocenters. The van der Waals surface area contributed by atoms with Crippen molar-refractivity contribution >= 4 is 11.6 Å². The van der Waals surface area contributed by atoms with Crippen LogP contribution >= 0.6 is 0 Å². The van der Waals surface area contributed by atoms with Gasteiger partial charge in [-0.1, -0.05) is 18.2 Å². The molecule has 4 nitrogen and oxygen atoms in total. The number of nitrogens with one attached hydrogen (secondary N) is 2. The molecule has 2 heterocycles. The number of anilines is 1. The lowest BCUT2D eigenvalue weighted by molar-refractivity contribution is -0.127. The van der Waals surface area contributed by atoms with Crippen molar-refractivity contribution in [2.75, 3.05) is 5.32 Å². The highest BCUT2D eigenvalue weighted by atomic mass is 16.6. The van der Waals surface area contributed by atoms with Gasteiger partial charge in [0.15, 0.2) is 5.54 Å². The van der Waals surface area contributed by atoms with Crippen LogP contribution in [0.3, 0.4) is 0 Å². The van der Waals surface area contributed by atoms with E-state index in [1.807, 2.05) is 30.3 Å². The van der Waals surface area contributed by atoms with Crippen molar-refractivity contribution in [2.24, 2.45) is 0 Å². The van der Waals surface area contributed by atoms with E-state index >= 15 is 0 Å². The number of hydrogen-bond acceptors (Lipinski definition) is 3. The van der Waals surface area contributed by atoms with Crippen LogP contribution in [0.1, 0.15) is 12.0 Å². The highest BCUT2D eigenvalue weighted by molar-refractivity contribution is 6.05. The average Bonchev–Trinajstić information content (AvgIpc) is 2.55. The molecule has 0 bridgehead atoms. The first kappa shape index (κ1) is 8.49. The summed E-state index contributed by atoms with van der Waals surface area (Å²) in [5.41, 5.74) is 3.86. The molecule has 0 fully saturated rings. The Bertz CT molecular complexity index is 456. The molecule has 0 aromatic heterocycles. The monoisotopic (exact) mass is 202 g/mol. The van der Waals surface area contributed by atoms with Gasteiger partial charge >= 0.3 is 0 Å². The van der Waals surface area contributed by atoms with E-state index in [1.165, 1.54) is 0 Å². The van der Waals surface area contributed by atoms with Crippen molar-refractivity contribution < 1.29 is 9.63 Å². The smallest absolute Gasteiger partial charge is 0.253 e. The molecule has 3 rings (SSSR count). The number of benzene rings is 1. The number of hydroxylamine groups is 1. The molecule has 1 amide bonds. The van der Waals surface area contributed by atoms with Gasteiger partial charge in [0.2, 0.25) is 0 Å². The summed E-state index contributed by atoms with van der Waals surface area (Å²) in [4.78, 5) is 17.0. The van der Waals surface area contributed by atoms with Crippen molar-refractivity contribution in [1.82, 2.24) is 5.48 Å². The Labute approximate surface area is 86.9 Å². The molecule has 2 aliphatic rings. The molecule has 0 aliphatic carbocycles. The van der Waals surface area contributed by atoms with E-state index in [0.717, 1.165) is 11.3 Å². The molecule has 1 spiro atoms. The van der Waals surface area contributed by atoms with Gasteiger partial charge in [-0.25, -0.2) is 0 Å². The zero-order valence-electron chi connectivity index (χ0n) is 7.99. The molecular weight excluding hydrogens is 192 g/mol. The van der Waals surface area contributed by atoms with E-state index in [4.69, 9.17) is 4.84 Å². The molecule has 76 valence electrons. The normalized spacial score (nSPS) is 27.3. The third kappa shape index (κ3) is 1.02. The van der Waals surface area contributed by atoms with Crippen LogP contribution in [0.2, 0.25) is 0 Å². The first-order chi connectivity index (χ1) is 7.33. The number of fused-ring (bicyclic) bond motifs is 2. The Hall–Kier alpha value is -1.81.